The number of hydrogen-bond acceptors (Lipinski definition) is 8. The summed E-state index contributed by atoms with van der Waals surface area (Å²) in [6.07, 6.45) is 8.15. The topological polar surface area (TPSA) is 101 Å². The van der Waals surface area contributed by atoms with Crippen LogP contribution in [0.15, 0.2) is 42.6 Å². The van der Waals surface area contributed by atoms with Crippen LogP contribution in [-0.2, 0) is 0 Å². The Balaban J connectivity index is 1.35. The van der Waals surface area contributed by atoms with Crippen LogP contribution in [0.1, 0.15) is 45.4 Å². The number of hydrogen-bond donors (Lipinski definition) is 2. The zero-order valence-electron chi connectivity index (χ0n) is 23.5. The lowest BCUT2D eigenvalue weighted by atomic mass is 9.78. The average Bonchev–Trinajstić information content (AvgIpc) is 3.41. The van der Waals surface area contributed by atoms with E-state index in [1.54, 1.807) is 18.3 Å². The third-order valence-electron chi connectivity index (χ3n) is 9.60. The number of aromatic hydroxyl groups is 1. The fraction of sp³-hybridized carbons (Fsp3) is 0.469. The summed E-state index contributed by atoms with van der Waals surface area (Å²) in [7, 11) is 0. The van der Waals surface area contributed by atoms with Crippen molar-refractivity contribution in [1.82, 2.24) is 19.9 Å². The molecule has 9 heteroatoms. The van der Waals surface area contributed by atoms with Crippen LogP contribution >= 0.6 is 0 Å². The van der Waals surface area contributed by atoms with Crippen molar-refractivity contribution in [2.45, 2.75) is 57.0 Å². The van der Waals surface area contributed by atoms with E-state index in [2.05, 4.69) is 26.7 Å². The molecule has 0 radical (unpaired) electrons. The molecular weight excluding hydrogens is 519 g/mol. The highest BCUT2D eigenvalue weighted by atomic mass is 19.1. The molecule has 3 aliphatic rings. The molecule has 2 aromatic heterocycles. The molecule has 214 valence electrons. The first-order valence-corrected chi connectivity index (χ1v) is 14.9. The van der Waals surface area contributed by atoms with Crippen LogP contribution in [0, 0.1) is 11.7 Å². The molecule has 0 saturated carbocycles. The Hall–Kier alpha value is -3.56. The van der Waals surface area contributed by atoms with Gasteiger partial charge >= 0.3 is 6.01 Å². The maximum absolute atomic E-state index is 16.5. The van der Waals surface area contributed by atoms with Gasteiger partial charge in [0.15, 0.2) is 5.82 Å². The van der Waals surface area contributed by atoms with E-state index in [0.29, 0.717) is 35.8 Å². The number of phenolic OH excluding ortho intramolecular Hbond substituents is 1. The zero-order chi connectivity index (χ0) is 28.1. The molecule has 0 amide bonds. The van der Waals surface area contributed by atoms with Gasteiger partial charge in [-0.25, -0.2) is 4.39 Å². The third kappa shape index (κ3) is 4.55. The van der Waals surface area contributed by atoms with Crippen molar-refractivity contribution in [1.29, 1.82) is 0 Å². The predicted octanol–water partition coefficient (Wildman–Crippen LogP) is 5.26. The number of piperidine rings is 2. The second kappa shape index (κ2) is 10.4. The number of fused-ring (bicyclic) bond motifs is 3. The summed E-state index contributed by atoms with van der Waals surface area (Å²) in [5.41, 5.74) is 7.12. The number of aromatic nitrogens is 3. The Morgan fingerprint density at radius 1 is 1.07 bits per heavy atom. The van der Waals surface area contributed by atoms with E-state index < -0.39 is 5.82 Å². The maximum Gasteiger partial charge on any atom is 0.319 e. The summed E-state index contributed by atoms with van der Waals surface area (Å²) in [5.74, 6) is 0.609. The molecule has 0 bridgehead atoms. The number of ether oxygens (including phenoxy) is 1. The number of nitrogens with zero attached hydrogens (tertiary/aromatic N) is 5. The number of rotatable bonds is 5. The average molecular weight is 557 g/mol. The van der Waals surface area contributed by atoms with E-state index in [1.807, 2.05) is 24.3 Å². The normalized spacial score (nSPS) is 25.1. The Labute approximate surface area is 239 Å². The van der Waals surface area contributed by atoms with Crippen molar-refractivity contribution < 1.29 is 14.2 Å². The first-order chi connectivity index (χ1) is 19.9. The van der Waals surface area contributed by atoms with Crippen LogP contribution in [0.25, 0.3) is 32.9 Å². The SMILES string of the molecule is CC1CCCN2CCC[C@@]12COc1nc(N2CCC[C@H](N)C2)c2cnc(-c3cc(O)cc4ccccc34)c(F)c2n1. The third-order valence-corrected chi connectivity index (χ3v) is 9.60. The van der Waals surface area contributed by atoms with Gasteiger partial charge in [-0.3, -0.25) is 9.88 Å². The van der Waals surface area contributed by atoms with Gasteiger partial charge in [0.1, 0.15) is 29.4 Å². The summed E-state index contributed by atoms with van der Waals surface area (Å²) in [6, 6.07) is 11.0. The second-order valence-corrected chi connectivity index (χ2v) is 12.1. The van der Waals surface area contributed by atoms with Crippen LogP contribution in [0.4, 0.5) is 10.2 Å². The van der Waals surface area contributed by atoms with Crippen molar-refractivity contribution in [3.63, 3.8) is 0 Å². The molecule has 7 rings (SSSR count). The van der Waals surface area contributed by atoms with Crippen molar-refractivity contribution in [2.24, 2.45) is 11.7 Å². The molecule has 2 aromatic carbocycles. The predicted molar refractivity (Wildman–Crippen MR) is 159 cm³/mol. The van der Waals surface area contributed by atoms with Crippen LogP contribution in [-0.4, -0.2) is 69.3 Å². The molecule has 0 aliphatic carbocycles. The maximum atomic E-state index is 16.5. The molecule has 1 unspecified atom stereocenters. The number of benzene rings is 2. The lowest BCUT2D eigenvalue weighted by Crippen LogP contribution is -2.56. The van der Waals surface area contributed by atoms with E-state index in [-0.39, 0.29) is 34.6 Å². The molecule has 41 heavy (non-hydrogen) atoms. The molecule has 8 nitrogen and oxygen atoms in total. The lowest BCUT2D eigenvalue weighted by Gasteiger charge is -2.46. The first kappa shape index (κ1) is 26.3. The van der Waals surface area contributed by atoms with Gasteiger partial charge in [-0.1, -0.05) is 31.2 Å². The zero-order valence-corrected chi connectivity index (χ0v) is 23.5. The molecule has 4 aromatic rings. The fourth-order valence-corrected chi connectivity index (χ4v) is 7.41. The molecule has 0 spiro atoms. The molecule has 3 fully saturated rings. The van der Waals surface area contributed by atoms with Gasteiger partial charge in [-0.05, 0) is 80.4 Å². The highest BCUT2D eigenvalue weighted by Gasteiger charge is 2.47. The first-order valence-electron chi connectivity index (χ1n) is 14.9. The van der Waals surface area contributed by atoms with Crippen molar-refractivity contribution in [2.75, 3.05) is 37.7 Å². The van der Waals surface area contributed by atoms with Crippen molar-refractivity contribution >= 4 is 27.5 Å². The van der Waals surface area contributed by atoms with Gasteiger partial charge in [0.25, 0.3) is 0 Å². The number of halogens is 1. The summed E-state index contributed by atoms with van der Waals surface area (Å²) in [4.78, 5) is 18.8. The van der Waals surface area contributed by atoms with Crippen LogP contribution in [0.5, 0.6) is 11.8 Å². The van der Waals surface area contributed by atoms with E-state index in [0.717, 1.165) is 56.1 Å². The fourth-order valence-electron chi connectivity index (χ4n) is 7.41. The monoisotopic (exact) mass is 556 g/mol. The Kier molecular flexibility index (Phi) is 6.66. The van der Waals surface area contributed by atoms with Crippen LogP contribution < -0.4 is 15.4 Å². The number of pyridine rings is 1. The van der Waals surface area contributed by atoms with Gasteiger partial charge in [-0.2, -0.15) is 9.97 Å². The summed E-state index contributed by atoms with van der Waals surface area (Å²) in [5, 5.41) is 12.6. The summed E-state index contributed by atoms with van der Waals surface area (Å²) in [6.45, 7) is 6.38. The van der Waals surface area contributed by atoms with Crippen molar-refractivity contribution in [3.8, 4) is 23.0 Å². The molecular formula is C32H37FN6O2. The summed E-state index contributed by atoms with van der Waals surface area (Å²) >= 11 is 0. The molecule has 3 saturated heterocycles. The van der Waals surface area contributed by atoms with Crippen LogP contribution in [0.2, 0.25) is 0 Å². The Morgan fingerprint density at radius 3 is 2.78 bits per heavy atom. The lowest BCUT2D eigenvalue weighted by molar-refractivity contribution is -0.00281. The van der Waals surface area contributed by atoms with E-state index in [1.165, 1.54) is 12.8 Å². The smallest absolute Gasteiger partial charge is 0.319 e. The van der Waals surface area contributed by atoms with Crippen LogP contribution in [0.3, 0.4) is 0 Å². The summed E-state index contributed by atoms with van der Waals surface area (Å²) < 4.78 is 23.0. The molecule has 3 atom stereocenters. The van der Waals surface area contributed by atoms with Gasteiger partial charge in [-0.15, -0.1) is 0 Å². The molecule has 5 heterocycles. The minimum absolute atomic E-state index is 0.0166. The van der Waals surface area contributed by atoms with Gasteiger partial charge in [0, 0.05) is 30.9 Å². The van der Waals surface area contributed by atoms with E-state index in [9.17, 15) is 5.11 Å². The van der Waals surface area contributed by atoms with Crippen molar-refractivity contribution in [3.05, 3.63) is 48.4 Å². The van der Waals surface area contributed by atoms with Gasteiger partial charge in [0.2, 0.25) is 0 Å². The minimum Gasteiger partial charge on any atom is -0.508 e. The highest BCUT2D eigenvalue weighted by molar-refractivity contribution is 5.99. The highest BCUT2D eigenvalue weighted by Crippen LogP contribution is 2.42. The van der Waals surface area contributed by atoms with E-state index >= 15 is 4.39 Å². The number of anilines is 1. The number of nitrogens with two attached hydrogens (primary N) is 1. The number of phenols is 1. The molecule has 3 N–H and O–H groups in total. The van der Waals surface area contributed by atoms with Gasteiger partial charge < -0.3 is 20.5 Å². The Morgan fingerprint density at radius 2 is 1.90 bits per heavy atom. The standard InChI is InChI=1S/C32H37FN6O2/c1-20-7-4-13-39-14-6-11-32(20,39)19-41-31-36-29-26(30(37-31)38-12-5-9-22(34)18-38)17-35-28(27(29)33)25-16-23(40)15-21-8-2-3-10-24(21)25/h2-3,8,10,15-17,20,22,40H,4-7,9,11-14,18-19,34H2,1H3/t20?,22-,32+/m0/s1. The minimum atomic E-state index is -0.556. The Bertz CT molecular complexity index is 1610. The second-order valence-electron chi connectivity index (χ2n) is 12.1. The van der Waals surface area contributed by atoms with Gasteiger partial charge in [0.05, 0.1) is 10.9 Å². The largest absolute Gasteiger partial charge is 0.508 e. The molecule has 3 aliphatic heterocycles. The quantitative estimate of drug-likeness (QED) is 0.343. The van der Waals surface area contributed by atoms with E-state index in [4.69, 9.17) is 15.5 Å².